The average molecular weight is 408 g/mol. The van der Waals surface area contributed by atoms with Crippen LogP contribution in [0.4, 0.5) is 4.39 Å². The van der Waals surface area contributed by atoms with Gasteiger partial charge in [-0.3, -0.25) is 0 Å². The van der Waals surface area contributed by atoms with Crippen LogP contribution in [-0.4, -0.2) is 24.6 Å². The molecule has 1 aromatic heterocycles. The van der Waals surface area contributed by atoms with Crippen molar-refractivity contribution in [2.75, 3.05) is 13.7 Å². The van der Waals surface area contributed by atoms with E-state index >= 15 is 0 Å². The Hall–Kier alpha value is -3.61. The second kappa shape index (κ2) is 10.8. The van der Waals surface area contributed by atoms with E-state index in [4.69, 9.17) is 9.47 Å². The molecule has 0 fully saturated rings. The molecule has 0 amide bonds. The van der Waals surface area contributed by atoms with Crippen molar-refractivity contribution < 1.29 is 13.9 Å². The standard InChI is InChI=1S/C23H25FN4O2/c1-3-25-23(28-16-18-7-4-5-10-21(18)29-2)27-15-17-11-12-22(26-14-17)30-20-9-6-8-19(24)13-20/h4-14H,3,15-16H2,1-2H3,(H2,25,27,28). The predicted molar refractivity (Wildman–Crippen MR) is 115 cm³/mol. The number of hydrogen-bond acceptors (Lipinski definition) is 4. The molecular weight excluding hydrogens is 383 g/mol. The van der Waals surface area contributed by atoms with Gasteiger partial charge in [-0.05, 0) is 30.7 Å². The molecule has 7 heteroatoms. The molecular formula is C23H25FN4O2. The van der Waals surface area contributed by atoms with E-state index in [-0.39, 0.29) is 5.82 Å². The third-order valence-electron chi connectivity index (χ3n) is 4.22. The SMILES string of the molecule is CCNC(=NCc1ccc(Oc2cccc(F)c2)nc1)NCc1ccccc1OC. The number of halogens is 1. The zero-order valence-electron chi connectivity index (χ0n) is 17.1. The van der Waals surface area contributed by atoms with Crippen LogP contribution in [0.2, 0.25) is 0 Å². The van der Waals surface area contributed by atoms with Gasteiger partial charge in [0.25, 0.3) is 0 Å². The maximum atomic E-state index is 13.3. The number of nitrogens with zero attached hydrogens (tertiary/aromatic N) is 2. The molecule has 0 spiro atoms. The van der Waals surface area contributed by atoms with E-state index < -0.39 is 0 Å². The summed E-state index contributed by atoms with van der Waals surface area (Å²) in [5, 5.41) is 6.54. The number of hydrogen-bond donors (Lipinski definition) is 2. The zero-order chi connectivity index (χ0) is 21.2. The number of nitrogens with one attached hydrogen (secondary N) is 2. The Labute approximate surface area is 175 Å². The quantitative estimate of drug-likeness (QED) is 0.430. The molecule has 6 nitrogen and oxygen atoms in total. The van der Waals surface area contributed by atoms with Gasteiger partial charge in [-0.1, -0.05) is 30.3 Å². The molecule has 0 saturated carbocycles. The first-order valence-electron chi connectivity index (χ1n) is 9.70. The molecule has 0 bridgehead atoms. The lowest BCUT2D eigenvalue weighted by Crippen LogP contribution is -2.36. The number of aromatic nitrogens is 1. The lowest BCUT2D eigenvalue weighted by atomic mass is 10.2. The van der Waals surface area contributed by atoms with E-state index in [9.17, 15) is 4.39 Å². The van der Waals surface area contributed by atoms with E-state index in [1.807, 2.05) is 37.3 Å². The van der Waals surface area contributed by atoms with Crippen molar-refractivity contribution in [3.8, 4) is 17.4 Å². The number of para-hydroxylation sites is 1. The van der Waals surface area contributed by atoms with Crippen molar-refractivity contribution in [1.82, 2.24) is 15.6 Å². The fourth-order valence-electron chi connectivity index (χ4n) is 2.76. The molecule has 2 N–H and O–H groups in total. The minimum atomic E-state index is -0.352. The molecule has 2 aromatic carbocycles. The van der Waals surface area contributed by atoms with E-state index in [0.29, 0.717) is 30.7 Å². The van der Waals surface area contributed by atoms with Crippen LogP contribution >= 0.6 is 0 Å². The number of methoxy groups -OCH3 is 1. The Kier molecular flexibility index (Phi) is 7.60. The van der Waals surface area contributed by atoms with Gasteiger partial charge < -0.3 is 20.1 Å². The number of ether oxygens (including phenoxy) is 2. The van der Waals surface area contributed by atoms with Crippen molar-refractivity contribution in [2.24, 2.45) is 4.99 Å². The van der Waals surface area contributed by atoms with Crippen LogP contribution in [0.1, 0.15) is 18.1 Å². The fourth-order valence-corrected chi connectivity index (χ4v) is 2.76. The summed E-state index contributed by atoms with van der Waals surface area (Å²) in [4.78, 5) is 8.88. The molecule has 0 radical (unpaired) electrons. The molecule has 1 heterocycles. The molecule has 0 aliphatic heterocycles. The number of pyridine rings is 1. The molecule has 0 aliphatic rings. The highest BCUT2D eigenvalue weighted by Gasteiger charge is 2.04. The topological polar surface area (TPSA) is 67.8 Å². The van der Waals surface area contributed by atoms with Crippen molar-refractivity contribution in [2.45, 2.75) is 20.0 Å². The van der Waals surface area contributed by atoms with Gasteiger partial charge in [-0.25, -0.2) is 14.4 Å². The summed E-state index contributed by atoms with van der Waals surface area (Å²) in [7, 11) is 1.66. The summed E-state index contributed by atoms with van der Waals surface area (Å²) < 4.78 is 24.2. The van der Waals surface area contributed by atoms with E-state index in [2.05, 4.69) is 20.6 Å². The normalized spacial score (nSPS) is 11.1. The van der Waals surface area contributed by atoms with Crippen LogP contribution in [-0.2, 0) is 13.1 Å². The predicted octanol–water partition coefficient (Wildman–Crippen LogP) is 4.28. The van der Waals surface area contributed by atoms with Crippen LogP contribution in [0.15, 0.2) is 71.9 Å². The highest BCUT2D eigenvalue weighted by Crippen LogP contribution is 2.20. The van der Waals surface area contributed by atoms with Gasteiger partial charge in [0, 0.05) is 37.0 Å². The second-order valence-corrected chi connectivity index (χ2v) is 6.42. The highest BCUT2D eigenvalue weighted by atomic mass is 19.1. The summed E-state index contributed by atoms with van der Waals surface area (Å²) in [5.41, 5.74) is 1.97. The Balaban J connectivity index is 1.60. The van der Waals surface area contributed by atoms with Crippen molar-refractivity contribution in [1.29, 1.82) is 0 Å². The van der Waals surface area contributed by atoms with Gasteiger partial charge in [-0.15, -0.1) is 0 Å². The van der Waals surface area contributed by atoms with Crippen LogP contribution in [0.3, 0.4) is 0 Å². The Morgan fingerprint density at radius 1 is 1.07 bits per heavy atom. The van der Waals surface area contributed by atoms with Crippen molar-refractivity contribution in [3.05, 3.63) is 83.8 Å². The molecule has 3 aromatic rings. The zero-order valence-corrected chi connectivity index (χ0v) is 17.1. The summed E-state index contributed by atoms with van der Waals surface area (Å²) in [5.74, 6) is 1.98. The number of benzene rings is 2. The first-order chi connectivity index (χ1) is 14.7. The lowest BCUT2D eigenvalue weighted by molar-refractivity contribution is 0.409. The largest absolute Gasteiger partial charge is 0.496 e. The van der Waals surface area contributed by atoms with E-state index in [1.54, 1.807) is 31.5 Å². The molecule has 0 aliphatic carbocycles. The fraction of sp³-hybridized carbons (Fsp3) is 0.217. The Bertz CT molecular complexity index is 977. The maximum absolute atomic E-state index is 13.3. The lowest BCUT2D eigenvalue weighted by Gasteiger charge is -2.13. The molecule has 0 saturated heterocycles. The first kappa shape index (κ1) is 21.1. The number of guanidine groups is 1. The van der Waals surface area contributed by atoms with E-state index in [0.717, 1.165) is 23.4 Å². The second-order valence-electron chi connectivity index (χ2n) is 6.42. The van der Waals surface area contributed by atoms with Gasteiger partial charge in [0.05, 0.1) is 13.7 Å². The van der Waals surface area contributed by atoms with Crippen molar-refractivity contribution >= 4 is 5.96 Å². The van der Waals surface area contributed by atoms with Crippen LogP contribution in [0, 0.1) is 5.82 Å². The summed E-state index contributed by atoms with van der Waals surface area (Å²) >= 11 is 0. The van der Waals surface area contributed by atoms with Crippen LogP contribution < -0.4 is 20.1 Å². The molecule has 30 heavy (non-hydrogen) atoms. The van der Waals surface area contributed by atoms with Gasteiger partial charge in [0.2, 0.25) is 5.88 Å². The Morgan fingerprint density at radius 2 is 1.93 bits per heavy atom. The number of rotatable bonds is 8. The van der Waals surface area contributed by atoms with Gasteiger partial charge in [0.15, 0.2) is 5.96 Å². The molecule has 3 rings (SSSR count). The van der Waals surface area contributed by atoms with E-state index in [1.165, 1.54) is 12.1 Å². The van der Waals surface area contributed by atoms with Crippen LogP contribution in [0.25, 0.3) is 0 Å². The first-order valence-corrected chi connectivity index (χ1v) is 9.70. The molecule has 156 valence electrons. The Morgan fingerprint density at radius 3 is 2.67 bits per heavy atom. The minimum Gasteiger partial charge on any atom is -0.496 e. The highest BCUT2D eigenvalue weighted by molar-refractivity contribution is 5.79. The molecule has 0 atom stereocenters. The van der Waals surface area contributed by atoms with Gasteiger partial charge in [-0.2, -0.15) is 0 Å². The van der Waals surface area contributed by atoms with Gasteiger partial charge in [0.1, 0.15) is 17.3 Å². The minimum absolute atomic E-state index is 0.352. The maximum Gasteiger partial charge on any atom is 0.219 e. The third kappa shape index (κ3) is 6.20. The third-order valence-corrected chi connectivity index (χ3v) is 4.22. The van der Waals surface area contributed by atoms with Crippen molar-refractivity contribution in [3.63, 3.8) is 0 Å². The summed E-state index contributed by atoms with van der Waals surface area (Å²) in [6.45, 7) is 3.81. The van der Waals surface area contributed by atoms with Crippen LogP contribution in [0.5, 0.6) is 17.4 Å². The van der Waals surface area contributed by atoms with Gasteiger partial charge >= 0.3 is 0 Å². The molecule has 0 unspecified atom stereocenters. The number of aliphatic imine (C=N–C) groups is 1. The smallest absolute Gasteiger partial charge is 0.219 e. The average Bonchev–Trinajstić information content (AvgIpc) is 2.77. The monoisotopic (exact) mass is 408 g/mol. The summed E-state index contributed by atoms with van der Waals surface area (Å²) in [6.07, 6.45) is 1.70. The summed E-state index contributed by atoms with van der Waals surface area (Å²) in [6, 6.07) is 17.4.